The third-order valence-electron chi connectivity index (χ3n) is 2.49. The number of imidazole rings is 1. The second kappa shape index (κ2) is 5.62. The van der Waals surface area contributed by atoms with E-state index in [2.05, 4.69) is 30.2 Å². The van der Waals surface area contributed by atoms with Gasteiger partial charge in [-0.2, -0.15) is 15.0 Å². The molecule has 0 saturated heterocycles. The summed E-state index contributed by atoms with van der Waals surface area (Å²) < 4.78 is 1.65. The van der Waals surface area contributed by atoms with Gasteiger partial charge in [0.2, 0.25) is 17.2 Å². The Bertz CT molecular complexity index is 684. The van der Waals surface area contributed by atoms with Crippen LogP contribution in [-0.4, -0.2) is 29.5 Å². The monoisotopic (exact) mass is 287 g/mol. The van der Waals surface area contributed by atoms with Crippen molar-refractivity contribution in [2.45, 2.75) is 6.54 Å². The highest BCUT2D eigenvalue weighted by atomic mass is 35.5. The average molecular weight is 288 g/mol. The lowest BCUT2D eigenvalue weighted by Crippen LogP contribution is -2.09. The summed E-state index contributed by atoms with van der Waals surface area (Å²) in [7, 11) is 0. The van der Waals surface area contributed by atoms with Gasteiger partial charge in [-0.3, -0.25) is 9.55 Å². The molecule has 0 unspecified atom stereocenters. The van der Waals surface area contributed by atoms with Crippen LogP contribution in [0.4, 0.5) is 5.95 Å². The molecular formula is C12H10ClN7. The van der Waals surface area contributed by atoms with Crippen LogP contribution in [0.2, 0.25) is 5.28 Å². The third kappa shape index (κ3) is 2.89. The number of hydrogen-bond acceptors (Lipinski definition) is 6. The van der Waals surface area contributed by atoms with Crippen LogP contribution in [0.15, 0.2) is 43.1 Å². The Hall–Kier alpha value is -2.54. The minimum atomic E-state index is 0.118. The number of halogens is 1. The molecule has 0 aliphatic heterocycles. The van der Waals surface area contributed by atoms with E-state index in [0.717, 1.165) is 5.69 Å². The predicted molar refractivity (Wildman–Crippen MR) is 73.5 cm³/mol. The van der Waals surface area contributed by atoms with Crippen molar-refractivity contribution in [2.75, 3.05) is 5.32 Å². The van der Waals surface area contributed by atoms with Crippen LogP contribution in [0.3, 0.4) is 0 Å². The molecular weight excluding hydrogens is 278 g/mol. The summed E-state index contributed by atoms with van der Waals surface area (Å²) in [5.74, 6) is 0.797. The first-order chi connectivity index (χ1) is 9.81. The van der Waals surface area contributed by atoms with Crippen LogP contribution >= 0.6 is 11.6 Å². The minimum Gasteiger partial charge on any atom is -0.348 e. The Labute approximate surface area is 119 Å². The summed E-state index contributed by atoms with van der Waals surface area (Å²) in [6.07, 6.45) is 6.69. The van der Waals surface area contributed by atoms with Crippen LogP contribution in [0, 0.1) is 0 Å². The summed E-state index contributed by atoms with van der Waals surface area (Å²) in [4.78, 5) is 20.5. The third-order valence-corrected chi connectivity index (χ3v) is 2.65. The highest BCUT2D eigenvalue weighted by molar-refractivity contribution is 6.28. The fourth-order valence-electron chi connectivity index (χ4n) is 1.58. The van der Waals surface area contributed by atoms with E-state index in [9.17, 15) is 0 Å². The van der Waals surface area contributed by atoms with Gasteiger partial charge in [0, 0.05) is 18.6 Å². The highest BCUT2D eigenvalue weighted by Crippen LogP contribution is 2.10. The van der Waals surface area contributed by atoms with E-state index in [1.54, 1.807) is 29.5 Å². The SMILES string of the molecule is Clc1nc(NCc2ccccn2)nc(-n2ccnc2)n1. The molecule has 0 aromatic carbocycles. The number of aromatic nitrogens is 6. The second-order valence-electron chi connectivity index (χ2n) is 3.87. The zero-order valence-electron chi connectivity index (χ0n) is 10.3. The Morgan fingerprint density at radius 1 is 1.15 bits per heavy atom. The number of anilines is 1. The molecule has 100 valence electrons. The van der Waals surface area contributed by atoms with Crippen LogP contribution < -0.4 is 5.32 Å². The van der Waals surface area contributed by atoms with Crippen LogP contribution in [0.5, 0.6) is 0 Å². The maximum absolute atomic E-state index is 5.90. The normalized spacial score (nSPS) is 10.4. The van der Waals surface area contributed by atoms with Crippen molar-refractivity contribution in [3.8, 4) is 5.95 Å². The maximum atomic E-state index is 5.90. The molecule has 0 aliphatic rings. The van der Waals surface area contributed by atoms with Gasteiger partial charge in [-0.25, -0.2) is 4.98 Å². The topological polar surface area (TPSA) is 81.4 Å². The zero-order chi connectivity index (χ0) is 13.8. The van der Waals surface area contributed by atoms with Gasteiger partial charge in [0.1, 0.15) is 6.33 Å². The summed E-state index contributed by atoms with van der Waals surface area (Å²) in [6.45, 7) is 0.505. The molecule has 3 heterocycles. The molecule has 0 amide bonds. The van der Waals surface area contributed by atoms with Crippen molar-refractivity contribution in [2.24, 2.45) is 0 Å². The number of nitrogens with zero attached hydrogens (tertiary/aromatic N) is 6. The van der Waals surface area contributed by atoms with Crippen molar-refractivity contribution in [1.29, 1.82) is 0 Å². The summed E-state index contributed by atoms with van der Waals surface area (Å²) in [5, 5.41) is 3.18. The molecule has 0 radical (unpaired) electrons. The largest absolute Gasteiger partial charge is 0.348 e. The number of nitrogens with one attached hydrogen (secondary N) is 1. The maximum Gasteiger partial charge on any atom is 0.241 e. The van der Waals surface area contributed by atoms with E-state index < -0.39 is 0 Å². The summed E-state index contributed by atoms with van der Waals surface area (Å²) >= 11 is 5.90. The van der Waals surface area contributed by atoms with Crippen molar-refractivity contribution in [1.82, 2.24) is 29.5 Å². The molecule has 0 aliphatic carbocycles. The standard InChI is InChI=1S/C12H10ClN7/c13-10-17-11(16-7-9-3-1-2-4-15-9)19-12(18-10)20-6-5-14-8-20/h1-6,8H,7H2,(H,16,17,18,19). The van der Waals surface area contributed by atoms with Gasteiger partial charge in [-0.1, -0.05) is 6.07 Å². The predicted octanol–water partition coefficient (Wildman–Crippen LogP) is 1.72. The minimum absolute atomic E-state index is 0.118. The van der Waals surface area contributed by atoms with E-state index in [1.807, 2.05) is 18.2 Å². The highest BCUT2D eigenvalue weighted by Gasteiger charge is 2.06. The van der Waals surface area contributed by atoms with Gasteiger partial charge in [0.05, 0.1) is 12.2 Å². The van der Waals surface area contributed by atoms with Crippen LogP contribution in [0.25, 0.3) is 5.95 Å². The second-order valence-corrected chi connectivity index (χ2v) is 4.21. The number of pyridine rings is 1. The van der Waals surface area contributed by atoms with Gasteiger partial charge >= 0.3 is 0 Å². The molecule has 0 spiro atoms. The fraction of sp³-hybridized carbons (Fsp3) is 0.0833. The molecule has 0 saturated carbocycles. The first-order valence-corrected chi connectivity index (χ1v) is 6.23. The molecule has 1 N–H and O–H groups in total. The molecule has 3 aromatic rings. The lowest BCUT2D eigenvalue weighted by molar-refractivity contribution is 0.884. The van der Waals surface area contributed by atoms with E-state index in [0.29, 0.717) is 18.4 Å². The van der Waals surface area contributed by atoms with Gasteiger partial charge in [0.25, 0.3) is 0 Å². The van der Waals surface area contributed by atoms with Gasteiger partial charge in [0.15, 0.2) is 0 Å². The van der Waals surface area contributed by atoms with Gasteiger partial charge < -0.3 is 5.32 Å². The Kier molecular flexibility index (Phi) is 3.51. The van der Waals surface area contributed by atoms with Crippen molar-refractivity contribution in [3.05, 3.63) is 54.1 Å². The molecule has 0 atom stereocenters. The Morgan fingerprint density at radius 3 is 2.85 bits per heavy atom. The van der Waals surface area contributed by atoms with Crippen molar-refractivity contribution in [3.63, 3.8) is 0 Å². The van der Waals surface area contributed by atoms with E-state index in [-0.39, 0.29) is 5.28 Å². The lowest BCUT2D eigenvalue weighted by atomic mass is 10.3. The van der Waals surface area contributed by atoms with E-state index >= 15 is 0 Å². The quantitative estimate of drug-likeness (QED) is 0.787. The molecule has 3 rings (SSSR count). The Balaban J connectivity index is 1.80. The first-order valence-electron chi connectivity index (χ1n) is 5.85. The van der Waals surface area contributed by atoms with E-state index in [1.165, 1.54) is 0 Å². The zero-order valence-corrected chi connectivity index (χ0v) is 11.1. The molecule has 0 bridgehead atoms. The number of rotatable bonds is 4. The number of hydrogen-bond donors (Lipinski definition) is 1. The summed E-state index contributed by atoms with van der Waals surface area (Å²) in [5.41, 5.74) is 0.883. The molecule has 8 heteroatoms. The molecule has 7 nitrogen and oxygen atoms in total. The fourth-order valence-corrected chi connectivity index (χ4v) is 1.74. The van der Waals surface area contributed by atoms with Crippen LogP contribution in [-0.2, 0) is 6.54 Å². The van der Waals surface area contributed by atoms with Crippen molar-refractivity contribution < 1.29 is 0 Å². The van der Waals surface area contributed by atoms with Gasteiger partial charge in [-0.15, -0.1) is 0 Å². The Morgan fingerprint density at radius 2 is 2.10 bits per heavy atom. The van der Waals surface area contributed by atoms with Gasteiger partial charge in [-0.05, 0) is 23.7 Å². The molecule has 3 aromatic heterocycles. The van der Waals surface area contributed by atoms with Crippen molar-refractivity contribution >= 4 is 17.5 Å². The lowest BCUT2D eigenvalue weighted by Gasteiger charge is -2.06. The first kappa shape index (κ1) is 12.5. The summed E-state index contributed by atoms with van der Waals surface area (Å²) in [6, 6.07) is 5.69. The van der Waals surface area contributed by atoms with E-state index in [4.69, 9.17) is 11.6 Å². The average Bonchev–Trinajstić information content (AvgIpc) is 3.00. The molecule has 20 heavy (non-hydrogen) atoms. The molecule has 0 fully saturated rings. The smallest absolute Gasteiger partial charge is 0.241 e. The van der Waals surface area contributed by atoms with Crippen LogP contribution in [0.1, 0.15) is 5.69 Å².